The number of carbonyl (C=O) groups excluding carboxylic acids is 1. The van der Waals surface area contributed by atoms with E-state index in [1.54, 1.807) is 18.6 Å². The summed E-state index contributed by atoms with van der Waals surface area (Å²) >= 11 is 0. The van der Waals surface area contributed by atoms with E-state index in [1.165, 1.54) is 0 Å². The molecule has 37 heavy (non-hydrogen) atoms. The lowest BCUT2D eigenvalue weighted by Crippen LogP contribution is -2.52. The number of aliphatic hydroxyl groups is 1. The summed E-state index contributed by atoms with van der Waals surface area (Å²) in [5.41, 5.74) is 1.79. The summed E-state index contributed by atoms with van der Waals surface area (Å²) in [6.07, 6.45) is 5.31. The fourth-order valence-electron chi connectivity index (χ4n) is 5.43. The molecule has 2 fully saturated rings. The average molecular weight is 511 g/mol. The molecule has 2 aliphatic rings. The lowest BCUT2D eigenvalue weighted by molar-refractivity contribution is 0.0116. The minimum absolute atomic E-state index is 0.0995. The largest absolute Gasteiger partial charge is 0.488 e. The summed E-state index contributed by atoms with van der Waals surface area (Å²) in [7, 11) is 0. The fraction of sp³-hybridized carbons (Fsp3) is 0.536. The van der Waals surface area contributed by atoms with Crippen molar-refractivity contribution in [2.24, 2.45) is 5.92 Å². The van der Waals surface area contributed by atoms with E-state index < -0.39 is 6.09 Å². The predicted octanol–water partition coefficient (Wildman–Crippen LogP) is 3.98. The molecule has 5 rings (SSSR count). The Hall–Kier alpha value is -3.01. The van der Waals surface area contributed by atoms with Gasteiger partial charge >= 0.3 is 6.09 Å². The van der Waals surface area contributed by atoms with Crippen LogP contribution in [-0.2, 0) is 6.61 Å². The third-order valence-corrected chi connectivity index (χ3v) is 7.72. The highest BCUT2D eigenvalue weighted by molar-refractivity contribution is 5.88. The number of likely N-dealkylation sites (tertiary alicyclic amines) is 2. The number of hydrogen-bond donors (Lipinski definition) is 3. The van der Waals surface area contributed by atoms with E-state index in [9.17, 15) is 9.90 Å². The summed E-state index contributed by atoms with van der Waals surface area (Å²) in [5, 5.41) is 13.9. The number of nitrogens with one attached hydrogen (secondary N) is 2. The molecule has 2 saturated heterocycles. The number of rotatable bonds is 8. The molecule has 0 saturated carbocycles. The van der Waals surface area contributed by atoms with Crippen molar-refractivity contribution in [2.45, 2.75) is 57.9 Å². The van der Waals surface area contributed by atoms with Gasteiger partial charge in [-0.15, -0.1) is 0 Å². The summed E-state index contributed by atoms with van der Waals surface area (Å²) in [4.78, 5) is 20.7. The molecule has 0 bridgehead atoms. The number of hydrogen-bond acceptors (Lipinski definition) is 7. The average Bonchev–Trinajstić information content (AvgIpc) is 3.55. The van der Waals surface area contributed by atoms with E-state index in [-0.39, 0.29) is 12.1 Å². The quantitative estimate of drug-likeness (QED) is 0.421. The minimum Gasteiger partial charge on any atom is -0.488 e. The molecular weight excluding hydrogens is 472 g/mol. The smallest absolute Gasteiger partial charge is 0.414 e. The molecule has 3 N–H and O–H groups in total. The summed E-state index contributed by atoms with van der Waals surface area (Å²) in [6.45, 7) is 9.64. The van der Waals surface area contributed by atoms with Crippen LogP contribution in [0.3, 0.4) is 0 Å². The number of ether oxygens (including phenoxy) is 2. The molecule has 0 radical (unpaired) electrons. The number of nitrogens with zero attached hydrogens (tertiary/aromatic N) is 2. The van der Waals surface area contributed by atoms with Gasteiger partial charge in [0.25, 0.3) is 0 Å². The van der Waals surface area contributed by atoms with Crippen molar-refractivity contribution in [3.8, 4) is 11.6 Å². The predicted molar refractivity (Wildman–Crippen MR) is 141 cm³/mol. The van der Waals surface area contributed by atoms with Crippen LogP contribution in [0.25, 0.3) is 10.9 Å². The highest BCUT2D eigenvalue weighted by Gasteiger charge is 2.29. The second-order valence-corrected chi connectivity index (χ2v) is 10.6. The Balaban J connectivity index is 1.07. The minimum atomic E-state index is -0.444. The van der Waals surface area contributed by atoms with Gasteiger partial charge in [0, 0.05) is 61.8 Å². The van der Waals surface area contributed by atoms with Crippen LogP contribution in [-0.4, -0.2) is 76.9 Å². The van der Waals surface area contributed by atoms with Gasteiger partial charge in [0.1, 0.15) is 12.4 Å². The topological polar surface area (TPSA) is 103 Å². The lowest BCUT2D eigenvalue weighted by atomic mass is 9.95. The second kappa shape index (κ2) is 11.6. The number of aromatic nitrogens is 1. The number of furan rings is 1. The molecule has 9 heteroatoms. The number of carbonyl (C=O) groups is 1. The Bertz CT molecular complexity index is 1150. The number of fused-ring (bicyclic) bond motifs is 1. The number of amides is 1. The van der Waals surface area contributed by atoms with Gasteiger partial charge in [-0.2, -0.15) is 0 Å². The third-order valence-electron chi connectivity index (χ3n) is 7.72. The lowest BCUT2D eigenvalue weighted by Gasteiger charge is -2.41. The van der Waals surface area contributed by atoms with Gasteiger partial charge in [-0.25, -0.2) is 4.79 Å². The van der Waals surface area contributed by atoms with E-state index in [2.05, 4.69) is 33.9 Å². The number of aromatic amines is 1. The monoisotopic (exact) mass is 510 g/mol. The summed E-state index contributed by atoms with van der Waals surface area (Å²) in [5.74, 6) is 1.43. The van der Waals surface area contributed by atoms with Crippen LogP contribution in [0.4, 0.5) is 4.79 Å². The van der Waals surface area contributed by atoms with Crippen molar-refractivity contribution in [2.75, 3.05) is 32.7 Å². The fourth-order valence-corrected chi connectivity index (χ4v) is 5.43. The van der Waals surface area contributed by atoms with E-state index in [0.717, 1.165) is 68.5 Å². The van der Waals surface area contributed by atoms with Crippen molar-refractivity contribution in [1.29, 1.82) is 0 Å². The molecule has 2 aromatic heterocycles. The van der Waals surface area contributed by atoms with Crippen LogP contribution in [0, 0.1) is 5.92 Å². The van der Waals surface area contributed by atoms with Crippen molar-refractivity contribution >= 4 is 17.0 Å². The van der Waals surface area contributed by atoms with Crippen molar-refractivity contribution in [3.63, 3.8) is 0 Å². The first-order chi connectivity index (χ1) is 17.9. The first kappa shape index (κ1) is 25.6. The van der Waals surface area contributed by atoms with Crippen molar-refractivity contribution in [1.82, 2.24) is 20.1 Å². The molecule has 4 heterocycles. The number of H-pyrrole nitrogens is 1. The van der Waals surface area contributed by atoms with Crippen LogP contribution >= 0.6 is 0 Å². The van der Waals surface area contributed by atoms with Gasteiger partial charge in [-0.1, -0.05) is 13.0 Å². The number of aliphatic hydroxyl groups excluding tert-OH is 1. The molecule has 0 aliphatic carbocycles. The first-order valence-corrected chi connectivity index (χ1v) is 13.3. The van der Waals surface area contributed by atoms with Crippen LogP contribution in [0.5, 0.6) is 11.6 Å². The standard InChI is InChI=1S/C28H38N4O5/c1-19-15-32(12-8-25(19)33)20(2)16-31-10-6-22(7-11-31)29-28(34)37-27-14-23-24(30-27)4-3-5-26(23)36-18-21-9-13-35-17-21/h3-5,9,13-14,17,19-20,22,25,30,33H,6-8,10-12,15-16,18H2,1-2H3,(H,29,34)/t19-,20+,25-/m1/s1. The summed E-state index contributed by atoms with van der Waals surface area (Å²) in [6, 6.07) is 9.93. The Morgan fingerprint density at radius 1 is 1.24 bits per heavy atom. The second-order valence-electron chi connectivity index (χ2n) is 10.6. The zero-order chi connectivity index (χ0) is 25.8. The zero-order valence-electron chi connectivity index (χ0n) is 21.7. The normalized spacial score (nSPS) is 22.7. The highest BCUT2D eigenvalue weighted by atomic mass is 16.6. The number of benzene rings is 1. The van der Waals surface area contributed by atoms with Gasteiger partial charge in [0.15, 0.2) is 0 Å². The Morgan fingerprint density at radius 2 is 2.08 bits per heavy atom. The van der Waals surface area contributed by atoms with Gasteiger partial charge in [0.2, 0.25) is 5.88 Å². The molecule has 3 atom stereocenters. The van der Waals surface area contributed by atoms with Crippen molar-refractivity contribution in [3.05, 3.63) is 48.4 Å². The maximum absolute atomic E-state index is 12.6. The Labute approximate surface area is 217 Å². The Kier molecular flexibility index (Phi) is 8.02. The molecule has 2 aliphatic heterocycles. The number of piperidine rings is 2. The summed E-state index contributed by atoms with van der Waals surface area (Å²) < 4.78 is 16.6. The van der Waals surface area contributed by atoms with E-state index in [1.807, 2.05) is 24.3 Å². The first-order valence-electron chi connectivity index (χ1n) is 13.3. The molecule has 200 valence electrons. The maximum atomic E-state index is 12.6. The highest BCUT2D eigenvalue weighted by Crippen LogP contribution is 2.30. The van der Waals surface area contributed by atoms with Crippen molar-refractivity contribution < 1.29 is 23.8 Å². The molecule has 0 spiro atoms. The van der Waals surface area contributed by atoms with Gasteiger partial charge in [0.05, 0.1) is 24.1 Å². The van der Waals surface area contributed by atoms with Gasteiger partial charge < -0.3 is 34.2 Å². The SMILES string of the molecule is C[C@@H]1CN([C@@H](C)CN2CCC(NC(=O)Oc3cc4c(OCc5ccoc5)cccc4[nH]3)CC2)CC[C@H]1O. The van der Waals surface area contributed by atoms with E-state index in [4.69, 9.17) is 13.9 Å². The molecule has 9 nitrogen and oxygen atoms in total. The van der Waals surface area contributed by atoms with Crippen LogP contribution in [0.2, 0.25) is 0 Å². The molecule has 1 aromatic carbocycles. The van der Waals surface area contributed by atoms with Crippen LogP contribution < -0.4 is 14.8 Å². The molecule has 0 unspecified atom stereocenters. The Morgan fingerprint density at radius 3 is 2.84 bits per heavy atom. The maximum Gasteiger partial charge on any atom is 0.414 e. The zero-order valence-corrected chi connectivity index (χ0v) is 21.7. The van der Waals surface area contributed by atoms with Crippen LogP contribution in [0.15, 0.2) is 47.3 Å². The van der Waals surface area contributed by atoms with Gasteiger partial charge in [-0.05, 0) is 50.3 Å². The molecule has 3 aromatic rings. The van der Waals surface area contributed by atoms with Gasteiger partial charge in [-0.3, -0.25) is 4.90 Å². The van der Waals surface area contributed by atoms with E-state index in [0.29, 0.717) is 30.2 Å². The third kappa shape index (κ3) is 6.47. The van der Waals surface area contributed by atoms with Crippen LogP contribution in [0.1, 0.15) is 38.7 Å². The van der Waals surface area contributed by atoms with E-state index >= 15 is 0 Å². The molecule has 1 amide bonds. The molecular formula is C28H38N4O5.